The van der Waals surface area contributed by atoms with Crippen LogP contribution in [0, 0.1) is 0 Å². The lowest BCUT2D eigenvalue weighted by molar-refractivity contribution is -0.141. The predicted octanol–water partition coefficient (Wildman–Crippen LogP) is 1.62. The minimum atomic E-state index is -0.175. The minimum Gasteiger partial charge on any atom is -0.378 e. The Bertz CT molecular complexity index is 532. The highest BCUT2D eigenvalue weighted by atomic mass is 16.5. The van der Waals surface area contributed by atoms with E-state index < -0.39 is 0 Å². The van der Waals surface area contributed by atoms with Gasteiger partial charge in [0, 0.05) is 39.3 Å². The summed E-state index contributed by atoms with van der Waals surface area (Å²) in [5, 5.41) is 3.38. The van der Waals surface area contributed by atoms with E-state index in [1.54, 1.807) is 0 Å². The summed E-state index contributed by atoms with van der Waals surface area (Å²) in [6, 6.07) is 8.44. The molecule has 1 aromatic carbocycles. The Morgan fingerprint density at radius 1 is 1.00 bits per heavy atom. The minimum absolute atomic E-state index is 0.175. The first kappa shape index (κ1) is 17.4. The first-order chi connectivity index (χ1) is 11.7. The third kappa shape index (κ3) is 3.97. The SMILES string of the molecule is CC(C)c1ccc(C(C(=O)N2CCOCC2)N2CCNCC2)cc1. The average Bonchev–Trinajstić information content (AvgIpc) is 2.64. The van der Waals surface area contributed by atoms with Gasteiger partial charge in [-0.05, 0) is 17.0 Å². The highest BCUT2D eigenvalue weighted by Gasteiger charge is 2.32. The first-order valence-electron chi connectivity index (χ1n) is 9.08. The zero-order chi connectivity index (χ0) is 16.9. The van der Waals surface area contributed by atoms with Crippen molar-refractivity contribution in [2.75, 3.05) is 52.5 Å². The first-order valence-corrected chi connectivity index (χ1v) is 9.08. The predicted molar refractivity (Wildman–Crippen MR) is 95.1 cm³/mol. The van der Waals surface area contributed by atoms with Crippen molar-refractivity contribution in [1.82, 2.24) is 15.1 Å². The van der Waals surface area contributed by atoms with Crippen molar-refractivity contribution in [3.8, 4) is 0 Å². The molecule has 2 heterocycles. The van der Waals surface area contributed by atoms with Crippen molar-refractivity contribution < 1.29 is 9.53 Å². The van der Waals surface area contributed by atoms with Crippen LogP contribution in [0.25, 0.3) is 0 Å². The van der Waals surface area contributed by atoms with E-state index in [-0.39, 0.29) is 11.9 Å². The van der Waals surface area contributed by atoms with Gasteiger partial charge in [0.2, 0.25) is 5.91 Å². The van der Waals surface area contributed by atoms with Gasteiger partial charge in [0.25, 0.3) is 0 Å². The third-order valence-electron chi connectivity index (χ3n) is 4.99. The van der Waals surface area contributed by atoms with Gasteiger partial charge in [0.1, 0.15) is 6.04 Å². The summed E-state index contributed by atoms with van der Waals surface area (Å²) in [4.78, 5) is 17.5. The highest BCUT2D eigenvalue weighted by Crippen LogP contribution is 2.26. The maximum Gasteiger partial charge on any atom is 0.244 e. The van der Waals surface area contributed by atoms with Gasteiger partial charge in [0.15, 0.2) is 0 Å². The molecular weight excluding hydrogens is 302 g/mol. The van der Waals surface area contributed by atoms with Crippen LogP contribution in [0.4, 0.5) is 0 Å². The topological polar surface area (TPSA) is 44.8 Å². The fraction of sp³-hybridized carbons (Fsp3) is 0.632. The second-order valence-corrected chi connectivity index (χ2v) is 6.95. The van der Waals surface area contributed by atoms with Crippen molar-refractivity contribution >= 4 is 5.91 Å². The number of nitrogens with zero attached hydrogens (tertiary/aromatic N) is 2. The molecule has 2 aliphatic heterocycles. The molecule has 1 amide bonds. The molecule has 5 heteroatoms. The summed E-state index contributed by atoms with van der Waals surface area (Å²) < 4.78 is 5.41. The Balaban J connectivity index is 1.84. The van der Waals surface area contributed by atoms with Crippen molar-refractivity contribution in [2.24, 2.45) is 0 Å². The number of rotatable bonds is 4. The van der Waals surface area contributed by atoms with Crippen molar-refractivity contribution in [3.05, 3.63) is 35.4 Å². The summed E-state index contributed by atoms with van der Waals surface area (Å²) in [6.45, 7) is 10.8. The van der Waals surface area contributed by atoms with Crippen LogP contribution < -0.4 is 5.32 Å². The van der Waals surface area contributed by atoms with Crippen molar-refractivity contribution in [3.63, 3.8) is 0 Å². The van der Waals surface area contributed by atoms with Gasteiger partial charge in [0.05, 0.1) is 13.2 Å². The van der Waals surface area contributed by atoms with Gasteiger partial charge >= 0.3 is 0 Å². The third-order valence-corrected chi connectivity index (χ3v) is 4.99. The number of piperazine rings is 1. The molecule has 0 radical (unpaired) electrons. The molecule has 3 rings (SSSR count). The van der Waals surface area contributed by atoms with Crippen molar-refractivity contribution in [2.45, 2.75) is 25.8 Å². The van der Waals surface area contributed by atoms with E-state index in [2.05, 4.69) is 48.3 Å². The smallest absolute Gasteiger partial charge is 0.244 e. The number of benzene rings is 1. The standard InChI is InChI=1S/C19H29N3O2/c1-15(2)16-3-5-17(6-4-16)18(21-9-7-20-8-10-21)19(23)22-11-13-24-14-12-22/h3-6,15,18,20H,7-14H2,1-2H3. The van der Waals surface area contributed by atoms with Crippen LogP contribution in [-0.2, 0) is 9.53 Å². The summed E-state index contributed by atoms with van der Waals surface area (Å²) in [7, 11) is 0. The van der Waals surface area contributed by atoms with Gasteiger partial charge in [-0.3, -0.25) is 9.69 Å². The zero-order valence-corrected chi connectivity index (χ0v) is 14.8. The highest BCUT2D eigenvalue weighted by molar-refractivity contribution is 5.83. The molecular formula is C19H29N3O2. The van der Waals surface area contributed by atoms with Crippen molar-refractivity contribution in [1.29, 1.82) is 0 Å². The Morgan fingerprint density at radius 3 is 2.17 bits per heavy atom. The Hall–Kier alpha value is -1.43. The normalized spacial score (nSPS) is 21.0. The van der Waals surface area contributed by atoms with E-state index in [4.69, 9.17) is 4.74 Å². The molecule has 2 aliphatic rings. The van der Waals surface area contributed by atoms with Gasteiger partial charge in [-0.15, -0.1) is 0 Å². The fourth-order valence-electron chi connectivity index (χ4n) is 3.47. The summed E-state index contributed by atoms with van der Waals surface area (Å²) in [5.74, 6) is 0.726. The van der Waals surface area contributed by atoms with E-state index in [0.29, 0.717) is 32.2 Å². The van der Waals surface area contributed by atoms with E-state index in [0.717, 1.165) is 31.7 Å². The van der Waals surface area contributed by atoms with E-state index >= 15 is 0 Å². The Morgan fingerprint density at radius 2 is 1.58 bits per heavy atom. The number of morpholine rings is 1. The lowest BCUT2D eigenvalue weighted by Gasteiger charge is -2.38. The van der Waals surface area contributed by atoms with E-state index in [9.17, 15) is 4.79 Å². The summed E-state index contributed by atoms with van der Waals surface area (Å²) in [5.41, 5.74) is 2.43. The maximum absolute atomic E-state index is 13.2. The lowest BCUT2D eigenvalue weighted by Crippen LogP contribution is -2.52. The molecule has 1 unspecified atom stereocenters. The summed E-state index contributed by atoms with van der Waals surface area (Å²) in [6.07, 6.45) is 0. The summed E-state index contributed by atoms with van der Waals surface area (Å²) >= 11 is 0. The quantitative estimate of drug-likeness (QED) is 0.911. The molecule has 0 spiro atoms. The number of amides is 1. The average molecular weight is 331 g/mol. The zero-order valence-electron chi connectivity index (χ0n) is 14.8. The largest absolute Gasteiger partial charge is 0.378 e. The molecule has 24 heavy (non-hydrogen) atoms. The van der Waals surface area contributed by atoms with Gasteiger partial charge < -0.3 is 15.0 Å². The number of hydrogen-bond donors (Lipinski definition) is 1. The van der Waals surface area contributed by atoms with Gasteiger partial charge in [-0.1, -0.05) is 38.1 Å². The number of ether oxygens (including phenoxy) is 1. The van der Waals surface area contributed by atoms with Crippen LogP contribution in [0.5, 0.6) is 0 Å². The Labute approximate surface area is 145 Å². The van der Waals surface area contributed by atoms with Crippen LogP contribution in [-0.4, -0.2) is 68.2 Å². The van der Waals surface area contributed by atoms with Crippen LogP contribution in [0.2, 0.25) is 0 Å². The second kappa shape index (κ2) is 8.10. The number of nitrogens with one attached hydrogen (secondary N) is 1. The van der Waals surface area contributed by atoms with Crippen LogP contribution >= 0.6 is 0 Å². The van der Waals surface area contributed by atoms with Gasteiger partial charge in [-0.25, -0.2) is 0 Å². The molecule has 2 fully saturated rings. The maximum atomic E-state index is 13.2. The molecule has 0 bridgehead atoms. The molecule has 2 saturated heterocycles. The molecule has 5 nitrogen and oxygen atoms in total. The molecule has 0 aliphatic carbocycles. The number of carbonyl (C=O) groups excluding carboxylic acids is 1. The number of carbonyl (C=O) groups is 1. The second-order valence-electron chi connectivity index (χ2n) is 6.95. The van der Waals surface area contributed by atoms with E-state index in [1.165, 1.54) is 5.56 Å². The molecule has 0 aromatic heterocycles. The molecule has 1 aromatic rings. The fourth-order valence-corrected chi connectivity index (χ4v) is 3.47. The van der Waals surface area contributed by atoms with Crippen LogP contribution in [0.3, 0.4) is 0 Å². The Kier molecular flexibility index (Phi) is 5.87. The molecule has 1 atom stereocenters. The number of hydrogen-bond acceptors (Lipinski definition) is 4. The molecule has 1 N–H and O–H groups in total. The van der Waals surface area contributed by atoms with Crippen LogP contribution in [0.1, 0.15) is 36.9 Å². The lowest BCUT2D eigenvalue weighted by atomic mass is 9.97. The molecule has 132 valence electrons. The van der Waals surface area contributed by atoms with E-state index in [1.807, 2.05) is 4.90 Å². The monoisotopic (exact) mass is 331 g/mol. The van der Waals surface area contributed by atoms with Crippen LogP contribution in [0.15, 0.2) is 24.3 Å². The van der Waals surface area contributed by atoms with Gasteiger partial charge in [-0.2, -0.15) is 0 Å². The molecule has 0 saturated carbocycles.